The molecule has 0 saturated heterocycles. The van der Waals surface area contributed by atoms with Gasteiger partial charge in [-0.3, -0.25) is 14.2 Å². The highest BCUT2D eigenvalue weighted by Gasteiger charge is 2.13. The van der Waals surface area contributed by atoms with Crippen molar-refractivity contribution in [1.29, 1.82) is 0 Å². The zero-order valence-electron chi connectivity index (χ0n) is 15.0. The fraction of sp³-hybridized carbons (Fsp3) is 0.235. The van der Waals surface area contributed by atoms with Gasteiger partial charge in [0.05, 0.1) is 30.7 Å². The van der Waals surface area contributed by atoms with Crippen molar-refractivity contribution < 1.29 is 14.3 Å². The number of nitrogens with one attached hydrogen (secondary N) is 1. The Bertz CT molecular complexity index is 1000. The van der Waals surface area contributed by atoms with Gasteiger partial charge in [0.15, 0.2) is 10.3 Å². The number of thioether (sulfide) groups is 1. The van der Waals surface area contributed by atoms with Gasteiger partial charge < -0.3 is 10.1 Å². The van der Waals surface area contributed by atoms with Gasteiger partial charge in [0.1, 0.15) is 6.33 Å². The average molecular weight is 438 g/mol. The van der Waals surface area contributed by atoms with Crippen molar-refractivity contribution in [2.45, 2.75) is 18.5 Å². The van der Waals surface area contributed by atoms with Gasteiger partial charge in [0, 0.05) is 10.4 Å². The first-order valence-corrected chi connectivity index (χ1v) is 10.3. The number of methoxy groups -OCH3 is 1. The third-order valence-corrected chi connectivity index (χ3v) is 5.79. The minimum Gasteiger partial charge on any atom is -0.469 e. The van der Waals surface area contributed by atoms with E-state index in [1.165, 1.54) is 30.2 Å². The summed E-state index contributed by atoms with van der Waals surface area (Å²) in [6.07, 6.45) is 1.64. The number of carbonyl (C=O) groups is 2. The summed E-state index contributed by atoms with van der Waals surface area (Å²) >= 11 is 8.68. The molecule has 1 N–H and O–H groups in total. The molecule has 0 aliphatic rings. The predicted octanol–water partition coefficient (Wildman–Crippen LogP) is 3.13. The summed E-state index contributed by atoms with van der Waals surface area (Å²) in [7, 11) is 1.32. The van der Waals surface area contributed by atoms with Crippen molar-refractivity contribution in [3.8, 4) is 5.69 Å². The van der Waals surface area contributed by atoms with Gasteiger partial charge in [0.2, 0.25) is 5.91 Å². The number of hydrogen-bond donors (Lipinski definition) is 1. The quantitative estimate of drug-likeness (QED) is 0.447. The van der Waals surface area contributed by atoms with Gasteiger partial charge in [-0.05, 0) is 24.6 Å². The fourth-order valence-corrected chi connectivity index (χ4v) is 3.81. The van der Waals surface area contributed by atoms with Crippen LogP contribution in [0.5, 0.6) is 0 Å². The third kappa shape index (κ3) is 5.09. The number of carbonyl (C=O) groups excluding carboxylic acids is 2. The Morgan fingerprint density at radius 2 is 2.21 bits per heavy atom. The predicted molar refractivity (Wildman–Crippen MR) is 108 cm³/mol. The van der Waals surface area contributed by atoms with Crippen molar-refractivity contribution in [2.75, 3.05) is 18.2 Å². The van der Waals surface area contributed by atoms with E-state index in [-0.39, 0.29) is 24.1 Å². The first kappa shape index (κ1) is 20.3. The minimum atomic E-state index is -0.380. The molecule has 1 amide bonds. The third-order valence-electron chi connectivity index (χ3n) is 3.63. The number of aryl methyl sites for hydroxylation is 1. The Balaban J connectivity index is 1.59. The Morgan fingerprint density at radius 1 is 1.39 bits per heavy atom. The maximum atomic E-state index is 12.2. The van der Waals surface area contributed by atoms with E-state index in [0.717, 1.165) is 11.3 Å². The highest BCUT2D eigenvalue weighted by atomic mass is 35.5. The number of thiazole rings is 1. The van der Waals surface area contributed by atoms with Crippen molar-refractivity contribution >= 4 is 51.7 Å². The van der Waals surface area contributed by atoms with Crippen LogP contribution in [0.15, 0.2) is 35.1 Å². The van der Waals surface area contributed by atoms with Crippen molar-refractivity contribution in [3.05, 3.63) is 46.2 Å². The first-order valence-electron chi connectivity index (χ1n) is 8.06. The summed E-state index contributed by atoms with van der Waals surface area (Å²) in [6, 6.07) is 5.64. The van der Waals surface area contributed by atoms with Crippen LogP contribution in [-0.2, 0) is 20.7 Å². The van der Waals surface area contributed by atoms with Crippen molar-refractivity contribution in [3.63, 3.8) is 0 Å². The summed E-state index contributed by atoms with van der Waals surface area (Å²) < 4.78 is 6.36. The Hall–Kier alpha value is -2.43. The molecule has 3 rings (SSSR count). The van der Waals surface area contributed by atoms with Crippen LogP contribution in [0.1, 0.15) is 11.3 Å². The molecule has 8 nitrogen and oxygen atoms in total. The average Bonchev–Trinajstić information content (AvgIpc) is 3.31. The topological polar surface area (TPSA) is 99.0 Å². The molecular weight excluding hydrogens is 422 g/mol. The van der Waals surface area contributed by atoms with E-state index in [1.54, 1.807) is 16.3 Å². The largest absolute Gasteiger partial charge is 0.469 e. The normalized spacial score (nSPS) is 10.7. The summed E-state index contributed by atoms with van der Waals surface area (Å²) in [5.74, 6) is -0.487. The smallest absolute Gasteiger partial charge is 0.311 e. The van der Waals surface area contributed by atoms with E-state index in [0.29, 0.717) is 21.0 Å². The van der Waals surface area contributed by atoms with Crippen LogP contribution in [0.25, 0.3) is 5.69 Å². The molecule has 0 saturated carbocycles. The lowest BCUT2D eigenvalue weighted by atomic mass is 10.2. The molecule has 0 aliphatic heterocycles. The number of halogens is 1. The fourth-order valence-electron chi connectivity index (χ4n) is 2.18. The number of benzene rings is 1. The number of hydrogen-bond acceptors (Lipinski definition) is 8. The summed E-state index contributed by atoms with van der Waals surface area (Å²) in [4.78, 5) is 27.7. The molecule has 2 heterocycles. The van der Waals surface area contributed by atoms with Gasteiger partial charge in [-0.25, -0.2) is 4.98 Å². The van der Waals surface area contributed by atoms with Crippen LogP contribution < -0.4 is 5.32 Å². The molecule has 3 aromatic rings. The molecule has 2 aromatic heterocycles. The van der Waals surface area contributed by atoms with Gasteiger partial charge in [-0.15, -0.1) is 21.5 Å². The van der Waals surface area contributed by atoms with E-state index >= 15 is 0 Å². The second kappa shape index (κ2) is 9.18. The van der Waals surface area contributed by atoms with Crippen LogP contribution >= 0.6 is 34.7 Å². The number of nitrogens with zero attached hydrogens (tertiary/aromatic N) is 4. The second-order valence-electron chi connectivity index (χ2n) is 5.65. The molecule has 0 bridgehead atoms. The van der Waals surface area contributed by atoms with Gasteiger partial charge in [0.25, 0.3) is 0 Å². The second-order valence-corrected chi connectivity index (χ2v) is 7.86. The molecule has 0 radical (unpaired) electrons. The number of ether oxygens (including phenoxy) is 1. The number of esters is 1. The standard InChI is InChI=1S/C17H16ClN5O3S2/c1-10-3-4-12(6-13(10)18)23-9-19-22-17(23)28-8-14(24)21-16-20-11(7-27-16)5-15(25)26-2/h3-4,6-7,9H,5,8H2,1-2H3,(H,20,21,24). The highest BCUT2D eigenvalue weighted by molar-refractivity contribution is 7.99. The van der Waals surface area contributed by atoms with Gasteiger partial charge in [-0.1, -0.05) is 29.4 Å². The SMILES string of the molecule is COC(=O)Cc1csc(NC(=O)CSc2nncn2-c2ccc(C)c(Cl)c2)n1. The van der Waals surface area contributed by atoms with Crippen LogP contribution in [0.2, 0.25) is 5.02 Å². The Labute approximate surface area is 174 Å². The molecule has 0 aliphatic carbocycles. The van der Waals surface area contributed by atoms with Crippen LogP contribution in [0, 0.1) is 6.92 Å². The van der Waals surface area contributed by atoms with Crippen molar-refractivity contribution in [2.24, 2.45) is 0 Å². The number of amides is 1. The summed E-state index contributed by atoms with van der Waals surface area (Å²) in [5, 5.41) is 14.0. The number of anilines is 1. The number of rotatable bonds is 7. The van der Waals surface area contributed by atoms with Crippen LogP contribution in [-0.4, -0.2) is 44.5 Å². The lowest BCUT2D eigenvalue weighted by Gasteiger charge is -2.07. The monoisotopic (exact) mass is 437 g/mol. The number of aromatic nitrogens is 4. The van der Waals surface area contributed by atoms with Gasteiger partial charge >= 0.3 is 5.97 Å². The Morgan fingerprint density at radius 3 is 2.96 bits per heavy atom. The molecule has 146 valence electrons. The maximum Gasteiger partial charge on any atom is 0.311 e. The maximum absolute atomic E-state index is 12.2. The highest BCUT2D eigenvalue weighted by Crippen LogP contribution is 2.24. The van der Waals surface area contributed by atoms with Crippen molar-refractivity contribution in [1.82, 2.24) is 19.7 Å². The summed E-state index contributed by atoms with van der Waals surface area (Å²) in [6.45, 7) is 1.92. The molecule has 0 unspecified atom stereocenters. The van der Waals surface area contributed by atoms with E-state index in [1.807, 2.05) is 25.1 Å². The molecule has 1 aromatic carbocycles. The van der Waals surface area contributed by atoms with Crippen LogP contribution in [0.3, 0.4) is 0 Å². The first-order chi connectivity index (χ1) is 13.5. The zero-order chi connectivity index (χ0) is 20.1. The lowest BCUT2D eigenvalue weighted by molar-refractivity contribution is -0.139. The van der Waals surface area contributed by atoms with E-state index < -0.39 is 0 Å². The summed E-state index contributed by atoms with van der Waals surface area (Å²) in [5.41, 5.74) is 2.34. The molecule has 28 heavy (non-hydrogen) atoms. The Kier molecular flexibility index (Phi) is 6.65. The van der Waals surface area contributed by atoms with Crippen LogP contribution in [0.4, 0.5) is 5.13 Å². The van der Waals surface area contributed by atoms with E-state index in [2.05, 4.69) is 25.2 Å². The molecule has 0 fully saturated rings. The molecule has 0 atom stereocenters. The molecule has 11 heteroatoms. The zero-order valence-corrected chi connectivity index (χ0v) is 17.4. The van der Waals surface area contributed by atoms with E-state index in [9.17, 15) is 9.59 Å². The minimum absolute atomic E-state index is 0.0693. The molecular formula is C17H16ClN5O3S2. The molecule has 0 spiro atoms. The van der Waals surface area contributed by atoms with Gasteiger partial charge in [-0.2, -0.15) is 0 Å². The van der Waals surface area contributed by atoms with E-state index in [4.69, 9.17) is 11.6 Å². The lowest BCUT2D eigenvalue weighted by Crippen LogP contribution is -2.14.